The average Bonchev–Trinajstić information content (AvgIpc) is 2.40. The van der Waals surface area contributed by atoms with Crippen LogP contribution in [0.3, 0.4) is 0 Å². The van der Waals surface area contributed by atoms with Gasteiger partial charge < -0.3 is 6.15 Å². The monoisotopic (exact) mass is 319 g/mol. The third kappa shape index (κ3) is 12.3. The number of aryl methyl sites for hydroxylation is 1. The molecule has 0 aliphatic rings. The minimum absolute atomic E-state index is 0. The fourth-order valence-corrected chi connectivity index (χ4v) is 3.81. The van der Waals surface area contributed by atoms with Crippen LogP contribution in [0, 0.1) is 10.8 Å². The van der Waals surface area contributed by atoms with Crippen LogP contribution in [-0.4, -0.2) is 0 Å². The van der Waals surface area contributed by atoms with Crippen LogP contribution in [0.4, 0.5) is 0 Å². The highest BCUT2D eigenvalue weighted by molar-refractivity contribution is 5.14. The van der Waals surface area contributed by atoms with Crippen LogP contribution in [0.5, 0.6) is 0 Å². The highest BCUT2D eigenvalue weighted by Crippen LogP contribution is 2.37. The Balaban J connectivity index is 0.00000484. The summed E-state index contributed by atoms with van der Waals surface area (Å²) < 4.78 is 0. The second-order valence-corrected chi connectivity index (χ2v) is 9.01. The summed E-state index contributed by atoms with van der Waals surface area (Å²) in [6, 6.07) is 10.9. The first-order chi connectivity index (χ1) is 10.3. The molecular formula is C22H41N. The minimum Gasteiger partial charge on any atom is -0.344 e. The lowest BCUT2D eigenvalue weighted by Crippen LogP contribution is -2.20. The van der Waals surface area contributed by atoms with Gasteiger partial charge in [0.25, 0.3) is 0 Å². The summed E-state index contributed by atoms with van der Waals surface area (Å²) in [5.41, 5.74) is 2.46. The first-order valence-corrected chi connectivity index (χ1v) is 9.32. The fraction of sp³-hybridized carbons (Fsp3) is 0.727. The third-order valence-corrected chi connectivity index (χ3v) is 4.42. The predicted octanol–water partition coefficient (Wildman–Crippen LogP) is 7.58. The van der Waals surface area contributed by atoms with E-state index in [2.05, 4.69) is 65.0 Å². The van der Waals surface area contributed by atoms with E-state index in [-0.39, 0.29) is 6.15 Å². The van der Waals surface area contributed by atoms with Crippen molar-refractivity contribution in [2.45, 2.75) is 92.4 Å². The Morgan fingerprint density at radius 3 is 1.78 bits per heavy atom. The van der Waals surface area contributed by atoms with Crippen LogP contribution in [0.2, 0.25) is 0 Å². The zero-order chi connectivity index (χ0) is 16.5. The van der Waals surface area contributed by atoms with E-state index in [4.69, 9.17) is 0 Å². The fourth-order valence-electron chi connectivity index (χ4n) is 3.81. The predicted molar refractivity (Wildman–Crippen MR) is 105 cm³/mol. The Morgan fingerprint density at radius 1 is 0.696 bits per heavy atom. The van der Waals surface area contributed by atoms with E-state index in [0.29, 0.717) is 10.8 Å². The van der Waals surface area contributed by atoms with Gasteiger partial charge >= 0.3 is 0 Å². The van der Waals surface area contributed by atoms with Crippen LogP contribution in [-0.2, 0) is 6.42 Å². The molecule has 0 amide bonds. The molecule has 0 bridgehead atoms. The molecule has 3 N–H and O–H groups in total. The van der Waals surface area contributed by atoms with Crippen molar-refractivity contribution < 1.29 is 0 Å². The lowest BCUT2D eigenvalue weighted by molar-refractivity contribution is 0.194. The number of hydrogen-bond acceptors (Lipinski definition) is 1. The summed E-state index contributed by atoms with van der Waals surface area (Å²) in [6.07, 6.45) is 12.3. The number of hydrogen-bond donors (Lipinski definition) is 1. The van der Waals surface area contributed by atoms with Crippen LogP contribution in [0.15, 0.2) is 30.3 Å². The lowest BCUT2D eigenvalue weighted by atomic mass is 9.73. The number of benzene rings is 1. The van der Waals surface area contributed by atoms with Crippen molar-refractivity contribution in [2.24, 2.45) is 10.8 Å². The second-order valence-electron chi connectivity index (χ2n) is 9.01. The molecule has 0 aromatic heterocycles. The highest BCUT2D eigenvalue weighted by Gasteiger charge is 2.24. The summed E-state index contributed by atoms with van der Waals surface area (Å²) in [5, 5.41) is 0. The molecule has 1 aromatic carbocycles. The van der Waals surface area contributed by atoms with E-state index >= 15 is 0 Å². The maximum Gasteiger partial charge on any atom is -0.0279 e. The topological polar surface area (TPSA) is 35.0 Å². The molecular weight excluding hydrogens is 278 g/mol. The molecule has 1 rings (SSSR count). The van der Waals surface area contributed by atoms with E-state index < -0.39 is 0 Å². The van der Waals surface area contributed by atoms with E-state index in [9.17, 15) is 0 Å². The molecule has 0 aliphatic heterocycles. The number of rotatable bonds is 10. The molecule has 1 nitrogen and oxygen atoms in total. The van der Waals surface area contributed by atoms with Gasteiger partial charge in [-0.3, -0.25) is 0 Å². The largest absolute Gasteiger partial charge is 0.344 e. The molecule has 0 radical (unpaired) electrons. The van der Waals surface area contributed by atoms with Crippen LogP contribution in [0.1, 0.15) is 91.5 Å². The second kappa shape index (κ2) is 10.9. The molecule has 0 fully saturated rings. The molecule has 0 atom stereocenters. The van der Waals surface area contributed by atoms with Crippen molar-refractivity contribution in [2.75, 3.05) is 0 Å². The van der Waals surface area contributed by atoms with Crippen molar-refractivity contribution in [3.63, 3.8) is 0 Å². The average molecular weight is 320 g/mol. The Bertz CT molecular complexity index is 386. The molecule has 0 heterocycles. The SMILES string of the molecule is CC(C)(C)CC(C)(C)CCCCCCCCc1ccccc1.N. The van der Waals surface area contributed by atoms with Crippen molar-refractivity contribution in [3.05, 3.63) is 35.9 Å². The standard InChI is InChI=1S/C22H38.H3N/c1-21(2,3)19-22(4,5)18-14-9-7-6-8-11-15-20-16-12-10-13-17-20;/h10,12-13,16-17H,6-9,11,14-15,18-19H2,1-5H3;1H3. The third-order valence-electron chi connectivity index (χ3n) is 4.42. The van der Waals surface area contributed by atoms with Gasteiger partial charge in [0.05, 0.1) is 0 Å². The molecule has 0 saturated heterocycles. The van der Waals surface area contributed by atoms with E-state index in [1.54, 1.807) is 0 Å². The van der Waals surface area contributed by atoms with Crippen LogP contribution >= 0.6 is 0 Å². The zero-order valence-electron chi connectivity index (χ0n) is 16.5. The van der Waals surface area contributed by atoms with E-state index in [0.717, 1.165) is 0 Å². The molecule has 0 aliphatic carbocycles. The van der Waals surface area contributed by atoms with Gasteiger partial charge in [0, 0.05) is 0 Å². The Hall–Kier alpha value is -0.820. The molecule has 1 heteroatoms. The zero-order valence-corrected chi connectivity index (χ0v) is 16.5. The van der Waals surface area contributed by atoms with Gasteiger partial charge in [-0.1, -0.05) is 97.1 Å². The van der Waals surface area contributed by atoms with Crippen molar-refractivity contribution in [1.82, 2.24) is 6.15 Å². The first kappa shape index (κ1) is 22.2. The molecule has 0 unspecified atom stereocenters. The van der Waals surface area contributed by atoms with Gasteiger partial charge in [0.1, 0.15) is 0 Å². The number of unbranched alkanes of at least 4 members (excludes halogenated alkanes) is 5. The van der Waals surface area contributed by atoms with Crippen molar-refractivity contribution >= 4 is 0 Å². The van der Waals surface area contributed by atoms with E-state index in [1.807, 2.05) is 0 Å². The van der Waals surface area contributed by atoms with Gasteiger partial charge in [-0.15, -0.1) is 0 Å². The molecule has 23 heavy (non-hydrogen) atoms. The minimum atomic E-state index is 0. The molecule has 134 valence electrons. The molecule has 1 aromatic rings. The van der Waals surface area contributed by atoms with Crippen molar-refractivity contribution in [3.8, 4) is 0 Å². The molecule has 0 spiro atoms. The summed E-state index contributed by atoms with van der Waals surface area (Å²) in [5.74, 6) is 0. The smallest absolute Gasteiger partial charge is 0.0279 e. The summed E-state index contributed by atoms with van der Waals surface area (Å²) in [6.45, 7) is 12.0. The van der Waals surface area contributed by atoms with Gasteiger partial charge in [0.2, 0.25) is 0 Å². The summed E-state index contributed by atoms with van der Waals surface area (Å²) >= 11 is 0. The normalized spacial score (nSPS) is 12.0. The maximum atomic E-state index is 2.44. The van der Waals surface area contributed by atoms with Gasteiger partial charge in [0.15, 0.2) is 0 Å². The Morgan fingerprint density at radius 2 is 1.22 bits per heavy atom. The Kier molecular flexibility index (Phi) is 10.5. The van der Waals surface area contributed by atoms with E-state index in [1.165, 1.54) is 63.4 Å². The lowest BCUT2D eigenvalue weighted by Gasteiger charge is -2.32. The highest BCUT2D eigenvalue weighted by atomic mass is 14.3. The maximum absolute atomic E-state index is 2.44. The first-order valence-electron chi connectivity index (χ1n) is 9.32. The molecule has 0 saturated carbocycles. The Labute approximate surface area is 145 Å². The summed E-state index contributed by atoms with van der Waals surface area (Å²) in [7, 11) is 0. The van der Waals surface area contributed by atoms with Gasteiger partial charge in [-0.2, -0.15) is 0 Å². The van der Waals surface area contributed by atoms with Gasteiger partial charge in [-0.05, 0) is 42.1 Å². The van der Waals surface area contributed by atoms with Crippen LogP contribution in [0.25, 0.3) is 0 Å². The van der Waals surface area contributed by atoms with Crippen molar-refractivity contribution in [1.29, 1.82) is 0 Å². The van der Waals surface area contributed by atoms with Gasteiger partial charge in [-0.25, -0.2) is 0 Å². The quantitative estimate of drug-likeness (QED) is 0.443. The summed E-state index contributed by atoms with van der Waals surface area (Å²) in [4.78, 5) is 0. The van der Waals surface area contributed by atoms with Crippen LogP contribution < -0.4 is 6.15 Å².